The lowest BCUT2D eigenvalue weighted by atomic mass is 10.3. The van der Waals surface area contributed by atoms with E-state index in [0.29, 0.717) is 6.04 Å². The van der Waals surface area contributed by atoms with Crippen LogP contribution in [0.5, 0.6) is 17.2 Å². The van der Waals surface area contributed by atoms with Crippen molar-refractivity contribution in [2.75, 3.05) is 7.11 Å². The third-order valence-corrected chi connectivity index (χ3v) is 2.76. The number of methoxy groups -OCH3 is 1. The fraction of sp³-hybridized carbons (Fsp3) is 0.312. The van der Waals surface area contributed by atoms with Crippen LogP contribution in [-0.4, -0.2) is 18.1 Å². The molecule has 0 fully saturated rings. The molecular weight excluding hydrogens is 252 g/mol. The largest absolute Gasteiger partial charge is 0.497 e. The normalized spacial score (nSPS) is 10.6. The molecule has 1 aromatic carbocycles. The molecule has 0 saturated heterocycles. The van der Waals surface area contributed by atoms with E-state index in [4.69, 9.17) is 9.47 Å². The fourth-order valence-electron chi connectivity index (χ4n) is 1.73. The highest BCUT2D eigenvalue weighted by Crippen LogP contribution is 2.25. The van der Waals surface area contributed by atoms with Gasteiger partial charge in [-0.05, 0) is 18.2 Å². The molecule has 4 nitrogen and oxygen atoms in total. The molecule has 0 aliphatic rings. The van der Waals surface area contributed by atoms with Gasteiger partial charge >= 0.3 is 0 Å². The van der Waals surface area contributed by atoms with Gasteiger partial charge in [-0.1, -0.05) is 19.9 Å². The highest BCUT2D eigenvalue weighted by molar-refractivity contribution is 5.36. The standard InChI is InChI=1S/C16H20N2O2/c1-12(2)18-11-13-9-16(7-8-17-13)20-15-6-4-5-14(10-15)19-3/h4-10,12,18H,11H2,1-3H3. The van der Waals surface area contributed by atoms with Crippen molar-refractivity contribution in [3.63, 3.8) is 0 Å². The van der Waals surface area contributed by atoms with Gasteiger partial charge in [-0.15, -0.1) is 0 Å². The lowest BCUT2D eigenvalue weighted by molar-refractivity contribution is 0.409. The second-order valence-corrected chi connectivity index (χ2v) is 4.80. The zero-order valence-electron chi connectivity index (χ0n) is 12.1. The van der Waals surface area contributed by atoms with E-state index in [0.717, 1.165) is 29.5 Å². The Balaban J connectivity index is 2.06. The molecule has 1 aromatic heterocycles. The molecule has 0 aliphatic heterocycles. The van der Waals surface area contributed by atoms with Gasteiger partial charge < -0.3 is 14.8 Å². The SMILES string of the molecule is COc1cccc(Oc2ccnc(CNC(C)C)c2)c1. The first-order valence-corrected chi connectivity index (χ1v) is 6.67. The second kappa shape index (κ2) is 6.91. The number of benzene rings is 1. The Morgan fingerprint density at radius 2 is 1.85 bits per heavy atom. The Morgan fingerprint density at radius 1 is 1.10 bits per heavy atom. The van der Waals surface area contributed by atoms with Crippen LogP contribution in [0.15, 0.2) is 42.6 Å². The maximum absolute atomic E-state index is 5.82. The van der Waals surface area contributed by atoms with Crippen molar-refractivity contribution in [2.24, 2.45) is 0 Å². The third-order valence-electron chi connectivity index (χ3n) is 2.76. The van der Waals surface area contributed by atoms with Gasteiger partial charge in [0.15, 0.2) is 0 Å². The minimum absolute atomic E-state index is 0.430. The number of hydrogen-bond acceptors (Lipinski definition) is 4. The minimum Gasteiger partial charge on any atom is -0.497 e. The molecule has 0 amide bonds. The molecule has 2 rings (SSSR count). The number of pyridine rings is 1. The summed E-state index contributed by atoms with van der Waals surface area (Å²) in [7, 11) is 1.64. The topological polar surface area (TPSA) is 43.4 Å². The van der Waals surface area contributed by atoms with E-state index in [9.17, 15) is 0 Å². The zero-order valence-corrected chi connectivity index (χ0v) is 12.1. The number of nitrogens with zero attached hydrogens (tertiary/aromatic N) is 1. The van der Waals surface area contributed by atoms with Gasteiger partial charge in [-0.2, -0.15) is 0 Å². The molecule has 20 heavy (non-hydrogen) atoms. The predicted octanol–water partition coefficient (Wildman–Crippen LogP) is 3.38. The molecule has 0 bridgehead atoms. The van der Waals surface area contributed by atoms with E-state index in [1.54, 1.807) is 13.3 Å². The first kappa shape index (κ1) is 14.3. The summed E-state index contributed by atoms with van der Waals surface area (Å²) in [5.41, 5.74) is 0.957. The minimum atomic E-state index is 0.430. The summed E-state index contributed by atoms with van der Waals surface area (Å²) >= 11 is 0. The van der Waals surface area contributed by atoms with Crippen molar-refractivity contribution in [2.45, 2.75) is 26.4 Å². The van der Waals surface area contributed by atoms with Crippen molar-refractivity contribution in [3.05, 3.63) is 48.3 Å². The van der Waals surface area contributed by atoms with Gasteiger partial charge in [0, 0.05) is 30.9 Å². The first-order chi connectivity index (χ1) is 9.67. The van der Waals surface area contributed by atoms with E-state index in [1.807, 2.05) is 36.4 Å². The number of nitrogens with one attached hydrogen (secondary N) is 1. The summed E-state index contributed by atoms with van der Waals surface area (Å²) in [6.07, 6.45) is 1.76. The van der Waals surface area contributed by atoms with Gasteiger partial charge in [0.2, 0.25) is 0 Å². The number of hydrogen-bond donors (Lipinski definition) is 1. The molecule has 0 saturated carbocycles. The van der Waals surface area contributed by atoms with Crippen LogP contribution >= 0.6 is 0 Å². The van der Waals surface area contributed by atoms with Gasteiger partial charge in [-0.25, -0.2) is 0 Å². The maximum Gasteiger partial charge on any atom is 0.131 e. The Bertz CT molecular complexity index is 556. The Labute approximate surface area is 119 Å². The van der Waals surface area contributed by atoms with E-state index < -0.39 is 0 Å². The zero-order chi connectivity index (χ0) is 14.4. The van der Waals surface area contributed by atoms with Gasteiger partial charge in [0.05, 0.1) is 12.8 Å². The molecule has 106 valence electrons. The van der Waals surface area contributed by atoms with Gasteiger partial charge in [-0.3, -0.25) is 4.98 Å². The second-order valence-electron chi connectivity index (χ2n) is 4.80. The van der Waals surface area contributed by atoms with Crippen LogP contribution in [0, 0.1) is 0 Å². The molecule has 0 atom stereocenters. The number of rotatable bonds is 6. The maximum atomic E-state index is 5.82. The molecule has 0 unspecified atom stereocenters. The van der Waals surface area contributed by atoms with Crippen molar-refractivity contribution < 1.29 is 9.47 Å². The van der Waals surface area contributed by atoms with Crippen molar-refractivity contribution in [3.8, 4) is 17.2 Å². The van der Waals surface area contributed by atoms with Crippen LogP contribution in [0.2, 0.25) is 0 Å². The van der Waals surface area contributed by atoms with Crippen LogP contribution in [0.25, 0.3) is 0 Å². The highest BCUT2D eigenvalue weighted by atomic mass is 16.5. The monoisotopic (exact) mass is 272 g/mol. The van der Waals surface area contributed by atoms with Crippen LogP contribution in [0.4, 0.5) is 0 Å². The molecule has 1 N–H and O–H groups in total. The summed E-state index contributed by atoms with van der Waals surface area (Å²) in [6, 6.07) is 11.8. The summed E-state index contributed by atoms with van der Waals surface area (Å²) < 4.78 is 11.0. The van der Waals surface area contributed by atoms with Crippen molar-refractivity contribution in [1.29, 1.82) is 0 Å². The molecular formula is C16H20N2O2. The quantitative estimate of drug-likeness (QED) is 0.875. The predicted molar refractivity (Wildman–Crippen MR) is 79.3 cm³/mol. The lowest BCUT2D eigenvalue weighted by Gasteiger charge is -2.10. The van der Waals surface area contributed by atoms with Crippen LogP contribution in [0.1, 0.15) is 19.5 Å². The number of aromatic nitrogens is 1. The average Bonchev–Trinajstić information content (AvgIpc) is 2.46. The van der Waals surface area contributed by atoms with E-state index in [-0.39, 0.29) is 0 Å². The third kappa shape index (κ3) is 4.24. The average molecular weight is 272 g/mol. The summed E-state index contributed by atoms with van der Waals surface area (Å²) in [6.45, 7) is 4.94. The summed E-state index contributed by atoms with van der Waals surface area (Å²) in [5, 5.41) is 3.33. The van der Waals surface area contributed by atoms with Crippen LogP contribution in [-0.2, 0) is 6.54 Å². The van der Waals surface area contributed by atoms with Crippen LogP contribution < -0.4 is 14.8 Å². The van der Waals surface area contributed by atoms with Crippen molar-refractivity contribution in [1.82, 2.24) is 10.3 Å². The van der Waals surface area contributed by atoms with Gasteiger partial charge in [0.1, 0.15) is 17.2 Å². The molecule has 2 aromatic rings. The fourth-order valence-corrected chi connectivity index (χ4v) is 1.73. The lowest BCUT2D eigenvalue weighted by Crippen LogP contribution is -2.22. The molecule has 4 heteroatoms. The summed E-state index contributed by atoms with van der Waals surface area (Å²) in [4.78, 5) is 4.32. The van der Waals surface area contributed by atoms with E-state index in [1.165, 1.54) is 0 Å². The Hall–Kier alpha value is -2.07. The number of ether oxygens (including phenoxy) is 2. The molecule has 0 radical (unpaired) electrons. The highest BCUT2D eigenvalue weighted by Gasteiger charge is 2.02. The van der Waals surface area contributed by atoms with E-state index >= 15 is 0 Å². The molecule has 0 aliphatic carbocycles. The van der Waals surface area contributed by atoms with E-state index in [2.05, 4.69) is 24.1 Å². The van der Waals surface area contributed by atoms with Crippen molar-refractivity contribution >= 4 is 0 Å². The molecule has 0 spiro atoms. The smallest absolute Gasteiger partial charge is 0.131 e. The van der Waals surface area contributed by atoms with Crippen LogP contribution in [0.3, 0.4) is 0 Å². The molecule has 1 heterocycles. The summed E-state index contributed by atoms with van der Waals surface area (Å²) in [5.74, 6) is 2.30. The Kier molecular flexibility index (Phi) is 4.96. The van der Waals surface area contributed by atoms with Gasteiger partial charge in [0.25, 0.3) is 0 Å². The first-order valence-electron chi connectivity index (χ1n) is 6.67. The Morgan fingerprint density at radius 3 is 2.60 bits per heavy atom.